The number of carbonyl (C=O) groups is 1. The highest BCUT2D eigenvalue weighted by Gasteiger charge is 2.44. The Morgan fingerprint density at radius 3 is 2.65 bits per heavy atom. The molecule has 2 aliphatic rings. The van der Waals surface area contributed by atoms with Crippen LogP contribution in [0.3, 0.4) is 0 Å². The minimum absolute atomic E-state index is 0.164. The molecule has 1 aromatic heterocycles. The van der Waals surface area contributed by atoms with Crippen LogP contribution in [0.25, 0.3) is 0 Å². The van der Waals surface area contributed by atoms with Crippen molar-refractivity contribution < 1.29 is 9.53 Å². The number of aromatic nitrogens is 2. The van der Waals surface area contributed by atoms with Crippen molar-refractivity contribution >= 4 is 22.4 Å². The Morgan fingerprint density at radius 1 is 1.26 bits per heavy atom. The molecule has 23 heavy (non-hydrogen) atoms. The van der Waals surface area contributed by atoms with Gasteiger partial charge in [0.25, 0.3) is 0 Å². The lowest BCUT2D eigenvalue weighted by Gasteiger charge is -2.46. The summed E-state index contributed by atoms with van der Waals surface area (Å²) in [5, 5.41) is 12.3. The number of carbonyl (C=O) groups excluding carboxylic acids is 1. The van der Waals surface area contributed by atoms with Gasteiger partial charge < -0.3 is 15.8 Å². The number of amides is 1. The van der Waals surface area contributed by atoms with Gasteiger partial charge in [0.2, 0.25) is 11.0 Å². The lowest BCUT2D eigenvalue weighted by atomic mass is 9.79. The molecule has 1 saturated carbocycles. The Labute approximate surface area is 140 Å². The van der Waals surface area contributed by atoms with Gasteiger partial charge in [-0.15, -0.1) is 10.2 Å². The van der Waals surface area contributed by atoms with Crippen molar-refractivity contribution in [3.8, 4) is 0 Å². The first kappa shape index (κ1) is 16.6. The van der Waals surface area contributed by atoms with E-state index in [1.165, 1.54) is 17.8 Å². The fourth-order valence-electron chi connectivity index (χ4n) is 3.63. The predicted octanol–water partition coefficient (Wildman–Crippen LogP) is 0.814. The van der Waals surface area contributed by atoms with Crippen molar-refractivity contribution in [2.24, 2.45) is 0 Å². The minimum atomic E-state index is -0.345. The maximum atomic E-state index is 13.0. The Balaban J connectivity index is 1.60. The second-order valence-electron chi connectivity index (χ2n) is 6.23. The molecule has 2 heterocycles. The summed E-state index contributed by atoms with van der Waals surface area (Å²) in [5.74, 6) is 0.164. The first-order valence-corrected chi connectivity index (χ1v) is 9.21. The van der Waals surface area contributed by atoms with Crippen LogP contribution in [0.5, 0.6) is 0 Å². The van der Waals surface area contributed by atoms with Gasteiger partial charge in [-0.2, -0.15) is 0 Å². The van der Waals surface area contributed by atoms with E-state index in [9.17, 15) is 4.79 Å². The normalized spacial score (nSPS) is 21.9. The van der Waals surface area contributed by atoms with Crippen LogP contribution in [-0.4, -0.2) is 59.4 Å². The molecule has 0 atom stereocenters. The van der Waals surface area contributed by atoms with E-state index in [1.807, 2.05) is 0 Å². The van der Waals surface area contributed by atoms with Crippen molar-refractivity contribution in [3.05, 3.63) is 5.01 Å². The number of nitrogens with zero attached hydrogens (tertiary/aromatic N) is 3. The molecule has 3 rings (SSSR count). The molecule has 0 radical (unpaired) electrons. The van der Waals surface area contributed by atoms with E-state index in [4.69, 9.17) is 10.5 Å². The molecule has 1 aromatic rings. The molecule has 3 N–H and O–H groups in total. The highest BCUT2D eigenvalue weighted by Crippen LogP contribution is 2.34. The SMILES string of the molecule is Nc1nnc(CCNC(=O)C2(N3CCOCC3)CCCCC2)s1. The quantitative estimate of drug-likeness (QED) is 0.825. The highest BCUT2D eigenvalue weighted by atomic mass is 32.1. The van der Waals surface area contributed by atoms with E-state index in [2.05, 4.69) is 20.4 Å². The van der Waals surface area contributed by atoms with Gasteiger partial charge >= 0.3 is 0 Å². The van der Waals surface area contributed by atoms with Gasteiger partial charge in [-0.1, -0.05) is 30.6 Å². The van der Waals surface area contributed by atoms with E-state index in [1.54, 1.807) is 0 Å². The summed E-state index contributed by atoms with van der Waals surface area (Å²) in [6, 6.07) is 0. The van der Waals surface area contributed by atoms with Crippen molar-refractivity contribution in [1.82, 2.24) is 20.4 Å². The lowest BCUT2D eigenvalue weighted by Crippen LogP contribution is -2.62. The van der Waals surface area contributed by atoms with E-state index in [0.717, 1.165) is 57.0 Å². The van der Waals surface area contributed by atoms with Crippen molar-refractivity contribution in [2.75, 3.05) is 38.6 Å². The van der Waals surface area contributed by atoms with Crippen LogP contribution in [0, 0.1) is 0 Å². The number of hydrogen-bond donors (Lipinski definition) is 2. The van der Waals surface area contributed by atoms with Gasteiger partial charge in [0, 0.05) is 26.1 Å². The number of hydrogen-bond acceptors (Lipinski definition) is 7. The zero-order valence-electron chi connectivity index (χ0n) is 13.4. The molecule has 2 fully saturated rings. The monoisotopic (exact) mass is 339 g/mol. The van der Waals surface area contributed by atoms with Crippen molar-refractivity contribution in [2.45, 2.75) is 44.1 Å². The van der Waals surface area contributed by atoms with Crippen LogP contribution in [0.2, 0.25) is 0 Å². The number of nitrogens with one attached hydrogen (secondary N) is 1. The van der Waals surface area contributed by atoms with E-state index in [-0.39, 0.29) is 11.4 Å². The number of nitrogens with two attached hydrogens (primary N) is 1. The van der Waals surface area contributed by atoms with Crippen LogP contribution in [0.1, 0.15) is 37.1 Å². The van der Waals surface area contributed by atoms with Crippen LogP contribution < -0.4 is 11.1 Å². The van der Waals surface area contributed by atoms with Crippen LogP contribution in [0.4, 0.5) is 5.13 Å². The van der Waals surface area contributed by atoms with Crippen LogP contribution >= 0.6 is 11.3 Å². The summed E-state index contributed by atoms with van der Waals surface area (Å²) in [6.45, 7) is 3.72. The third-order valence-corrected chi connectivity index (χ3v) is 5.64. The van der Waals surface area contributed by atoms with E-state index in [0.29, 0.717) is 18.1 Å². The number of morpholine rings is 1. The standard InChI is InChI=1S/C15H25N5O2S/c16-14-19-18-12(23-14)4-7-17-13(21)15(5-2-1-3-6-15)20-8-10-22-11-9-20/h1-11H2,(H2,16,19)(H,17,21). The molecule has 1 saturated heterocycles. The molecule has 8 heteroatoms. The Kier molecular flexibility index (Phi) is 5.45. The van der Waals surface area contributed by atoms with Crippen LogP contribution in [-0.2, 0) is 16.0 Å². The lowest BCUT2D eigenvalue weighted by molar-refractivity contribution is -0.140. The fourth-order valence-corrected chi connectivity index (χ4v) is 4.24. The molecule has 0 aromatic carbocycles. The molecule has 0 spiro atoms. The maximum absolute atomic E-state index is 13.0. The van der Waals surface area contributed by atoms with Gasteiger partial charge in [-0.05, 0) is 12.8 Å². The first-order valence-electron chi connectivity index (χ1n) is 8.40. The number of anilines is 1. The van der Waals surface area contributed by atoms with Gasteiger partial charge in [0.15, 0.2) is 0 Å². The second kappa shape index (κ2) is 7.55. The summed E-state index contributed by atoms with van der Waals surface area (Å²) in [7, 11) is 0. The highest BCUT2D eigenvalue weighted by molar-refractivity contribution is 7.15. The van der Waals surface area contributed by atoms with Gasteiger partial charge in [-0.25, -0.2) is 0 Å². The topological polar surface area (TPSA) is 93.4 Å². The minimum Gasteiger partial charge on any atom is -0.379 e. The van der Waals surface area contributed by atoms with Crippen LogP contribution in [0.15, 0.2) is 0 Å². The van der Waals surface area contributed by atoms with Gasteiger partial charge in [-0.3, -0.25) is 9.69 Å². The molecular formula is C15H25N5O2S. The summed E-state index contributed by atoms with van der Waals surface area (Å²) < 4.78 is 5.46. The number of nitrogen functional groups attached to an aromatic ring is 1. The van der Waals surface area contributed by atoms with Gasteiger partial charge in [0.05, 0.1) is 13.2 Å². The molecule has 1 aliphatic carbocycles. The molecule has 1 amide bonds. The number of rotatable bonds is 5. The summed E-state index contributed by atoms with van der Waals surface area (Å²) in [5.41, 5.74) is 5.24. The third-order valence-electron chi connectivity index (χ3n) is 4.83. The first-order chi connectivity index (χ1) is 11.2. The molecule has 0 unspecified atom stereocenters. The largest absolute Gasteiger partial charge is 0.379 e. The average Bonchev–Trinajstić information content (AvgIpc) is 3.01. The third kappa shape index (κ3) is 3.81. The van der Waals surface area contributed by atoms with E-state index >= 15 is 0 Å². The fraction of sp³-hybridized carbons (Fsp3) is 0.800. The molecule has 128 valence electrons. The molecular weight excluding hydrogens is 314 g/mol. The average molecular weight is 339 g/mol. The van der Waals surface area contributed by atoms with Gasteiger partial charge in [0.1, 0.15) is 10.5 Å². The summed E-state index contributed by atoms with van der Waals surface area (Å²) >= 11 is 1.38. The number of ether oxygens (including phenoxy) is 1. The zero-order chi connectivity index (χ0) is 16.1. The predicted molar refractivity (Wildman–Crippen MR) is 89.2 cm³/mol. The Morgan fingerprint density at radius 2 is 2.00 bits per heavy atom. The summed E-state index contributed by atoms with van der Waals surface area (Å²) in [4.78, 5) is 15.3. The van der Waals surface area contributed by atoms with Crippen molar-refractivity contribution in [1.29, 1.82) is 0 Å². The van der Waals surface area contributed by atoms with Crippen molar-refractivity contribution in [3.63, 3.8) is 0 Å². The maximum Gasteiger partial charge on any atom is 0.240 e. The second-order valence-corrected chi connectivity index (χ2v) is 7.33. The Bertz CT molecular complexity index is 524. The zero-order valence-corrected chi connectivity index (χ0v) is 14.2. The molecule has 1 aliphatic heterocycles. The Hall–Kier alpha value is -1.25. The molecule has 0 bridgehead atoms. The van der Waals surface area contributed by atoms with E-state index < -0.39 is 0 Å². The summed E-state index contributed by atoms with van der Waals surface area (Å²) in [6.07, 6.45) is 6.05. The smallest absolute Gasteiger partial charge is 0.240 e. The molecule has 7 nitrogen and oxygen atoms in total.